The summed E-state index contributed by atoms with van der Waals surface area (Å²) in [5.41, 5.74) is 0.852. The molecule has 1 aliphatic rings. The maximum Gasteiger partial charge on any atom is 0.273 e. The molecule has 3 rings (SSSR count). The number of aliphatic hydroxyl groups excluding tert-OH is 1. The maximum atomic E-state index is 13.5. The number of fused-ring (bicyclic) bond motifs is 1. The van der Waals surface area contributed by atoms with E-state index < -0.39 is 22.2 Å². The van der Waals surface area contributed by atoms with Crippen LogP contribution in [-0.2, 0) is 10.0 Å². The third-order valence-electron chi connectivity index (χ3n) is 5.86. The van der Waals surface area contributed by atoms with Gasteiger partial charge >= 0.3 is 0 Å². The van der Waals surface area contributed by atoms with E-state index in [0.29, 0.717) is 5.56 Å². The molecule has 0 aliphatic carbocycles. The van der Waals surface area contributed by atoms with Crippen molar-refractivity contribution in [2.24, 2.45) is 5.92 Å². The first-order valence-electron chi connectivity index (χ1n) is 11.6. The summed E-state index contributed by atoms with van der Waals surface area (Å²) in [4.78, 5) is 22.4. The van der Waals surface area contributed by atoms with Crippen molar-refractivity contribution < 1.29 is 23.1 Å². The van der Waals surface area contributed by atoms with Crippen LogP contribution >= 0.6 is 0 Å². The fraction of sp³-hybridized carbons (Fsp3) is 0.480. The Labute approximate surface area is 207 Å². The molecule has 10 heteroatoms. The smallest absolute Gasteiger partial charge is 0.273 e. The Morgan fingerprint density at radius 2 is 2.14 bits per heavy atom. The van der Waals surface area contributed by atoms with Crippen LogP contribution in [0.1, 0.15) is 49.7 Å². The van der Waals surface area contributed by atoms with E-state index in [1.54, 1.807) is 26.1 Å². The van der Waals surface area contributed by atoms with Crippen molar-refractivity contribution in [1.82, 2.24) is 19.2 Å². The summed E-state index contributed by atoms with van der Waals surface area (Å²) < 4.78 is 34.7. The molecule has 0 saturated heterocycles. The van der Waals surface area contributed by atoms with Gasteiger partial charge in [-0.25, -0.2) is 13.4 Å². The lowest BCUT2D eigenvalue weighted by molar-refractivity contribution is 0.0559. The van der Waals surface area contributed by atoms with E-state index in [4.69, 9.17) is 4.74 Å². The van der Waals surface area contributed by atoms with E-state index in [0.717, 1.165) is 12.8 Å². The van der Waals surface area contributed by atoms with Crippen LogP contribution in [0.25, 0.3) is 0 Å². The molecule has 9 nitrogen and oxygen atoms in total. The van der Waals surface area contributed by atoms with Crippen molar-refractivity contribution in [2.75, 3.05) is 26.7 Å². The minimum absolute atomic E-state index is 0.0126. The number of benzene rings is 1. The van der Waals surface area contributed by atoms with Gasteiger partial charge in [0.2, 0.25) is 10.0 Å². The van der Waals surface area contributed by atoms with E-state index in [2.05, 4.69) is 21.8 Å². The first kappa shape index (κ1) is 26.6. The molecule has 0 radical (unpaired) electrons. The number of rotatable bonds is 6. The van der Waals surface area contributed by atoms with Crippen molar-refractivity contribution >= 4 is 15.9 Å². The molecule has 2 heterocycles. The van der Waals surface area contributed by atoms with Gasteiger partial charge in [0.05, 0.1) is 19.3 Å². The van der Waals surface area contributed by atoms with Crippen LogP contribution in [0.3, 0.4) is 0 Å². The van der Waals surface area contributed by atoms with E-state index in [1.165, 1.54) is 33.9 Å². The highest BCUT2D eigenvalue weighted by Crippen LogP contribution is 2.34. The van der Waals surface area contributed by atoms with Crippen LogP contribution in [-0.4, -0.2) is 77.5 Å². The molecule has 0 fully saturated rings. The average molecular weight is 501 g/mol. The fourth-order valence-electron chi connectivity index (χ4n) is 3.77. The molecule has 3 atom stereocenters. The SMILES string of the molecule is CCCC#Cc1ccc2c(c1)O[C@H](CN(C)C(=O)c1cnccn1)[C@@H](C)CN([C@H](C)CO)S2(=O)=O. The number of hydrogen-bond acceptors (Lipinski definition) is 7. The predicted molar refractivity (Wildman–Crippen MR) is 131 cm³/mol. The minimum atomic E-state index is -3.94. The standard InChI is InChI=1S/C25H32N4O5S/c1-5-6-7-8-20-9-10-24-22(13-20)34-23(16-28(4)25(31)21-14-26-11-12-27-21)18(2)15-29(19(3)17-30)35(24,32)33/h9-14,18-19,23,30H,5-6,15-17H2,1-4H3/t18-,19+,23+/m0/s1. The van der Waals surface area contributed by atoms with Crippen LogP contribution in [0, 0.1) is 17.8 Å². The number of carbonyl (C=O) groups is 1. The highest BCUT2D eigenvalue weighted by molar-refractivity contribution is 7.89. The summed E-state index contributed by atoms with van der Waals surface area (Å²) in [6.45, 7) is 5.57. The monoisotopic (exact) mass is 500 g/mol. The van der Waals surface area contributed by atoms with Gasteiger partial charge < -0.3 is 14.7 Å². The van der Waals surface area contributed by atoms with Gasteiger partial charge in [-0.05, 0) is 31.5 Å². The molecule has 1 N–H and O–H groups in total. The van der Waals surface area contributed by atoms with Crippen LogP contribution in [0.15, 0.2) is 41.7 Å². The second kappa shape index (κ2) is 11.6. The summed E-state index contributed by atoms with van der Waals surface area (Å²) in [7, 11) is -2.30. The molecular weight excluding hydrogens is 468 g/mol. The highest BCUT2D eigenvalue weighted by atomic mass is 32.2. The van der Waals surface area contributed by atoms with E-state index in [9.17, 15) is 18.3 Å². The Hall–Kier alpha value is -3.00. The Balaban J connectivity index is 2.01. The molecule has 1 aromatic heterocycles. The van der Waals surface area contributed by atoms with Gasteiger partial charge in [0, 0.05) is 49.9 Å². The quantitative estimate of drug-likeness (QED) is 0.605. The number of aromatic nitrogens is 2. The van der Waals surface area contributed by atoms with Crippen LogP contribution < -0.4 is 4.74 Å². The van der Waals surface area contributed by atoms with Gasteiger partial charge in [-0.2, -0.15) is 4.31 Å². The normalized spacial score (nSPS) is 20.3. The number of sulfonamides is 1. The fourth-order valence-corrected chi connectivity index (χ4v) is 5.59. The molecule has 1 aromatic carbocycles. The summed E-state index contributed by atoms with van der Waals surface area (Å²) >= 11 is 0. The van der Waals surface area contributed by atoms with Crippen LogP contribution in [0.4, 0.5) is 0 Å². The first-order chi connectivity index (χ1) is 16.7. The number of aliphatic hydroxyl groups is 1. The lowest BCUT2D eigenvalue weighted by Crippen LogP contribution is -2.50. The number of amides is 1. The molecule has 1 amide bonds. The second-order valence-corrected chi connectivity index (χ2v) is 10.6. The third-order valence-corrected chi connectivity index (χ3v) is 7.88. The van der Waals surface area contributed by atoms with Crippen molar-refractivity contribution in [1.29, 1.82) is 0 Å². The molecule has 0 bridgehead atoms. The highest BCUT2D eigenvalue weighted by Gasteiger charge is 2.38. The van der Waals surface area contributed by atoms with Crippen LogP contribution in [0.5, 0.6) is 5.75 Å². The van der Waals surface area contributed by atoms with Gasteiger partial charge in [-0.1, -0.05) is 25.7 Å². The summed E-state index contributed by atoms with van der Waals surface area (Å²) in [6.07, 6.45) is 5.46. The first-order valence-corrected chi connectivity index (χ1v) is 13.1. The van der Waals surface area contributed by atoms with Crippen molar-refractivity contribution in [2.45, 2.75) is 50.7 Å². The minimum Gasteiger partial charge on any atom is -0.487 e. The zero-order valence-electron chi connectivity index (χ0n) is 20.5. The molecule has 0 unspecified atom stereocenters. The maximum absolute atomic E-state index is 13.5. The zero-order valence-corrected chi connectivity index (χ0v) is 21.3. The average Bonchev–Trinajstić information content (AvgIpc) is 2.85. The lowest BCUT2D eigenvalue weighted by Gasteiger charge is -2.37. The van der Waals surface area contributed by atoms with Crippen molar-refractivity contribution in [3.63, 3.8) is 0 Å². The van der Waals surface area contributed by atoms with Crippen LogP contribution in [0.2, 0.25) is 0 Å². The van der Waals surface area contributed by atoms with Gasteiger partial charge in [-0.3, -0.25) is 9.78 Å². The molecule has 1 aliphatic heterocycles. The number of unbranched alkanes of at least 4 members (excludes halogenated alkanes) is 1. The Morgan fingerprint density at radius 1 is 1.37 bits per heavy atom. The molecular formula is C25H32N4O5S. The zero-order chi connectivity index (χ0) is 25.6. The predicted octanol–water partition coefficient (Wildman–Crippen LogP) is 2.17. The summed E-state index contributed by atoms with van der Waals surface area (Å²) in [5, 5.41) is 9.77. The van der Waals surface area contributed by atoms with E-state index >= 15 is 0 Å². The molecule has 0 saturated carbocycles. The number of carbonyl (C=O) groups excluding carboxylic acids is 1. The lowest BCUT2D eigenvalue weighted by atomic mass is 10.0. The topological polar surface area (TPSA) is 113 Å². The number of nitrogens with zero attached hydrogens (tertiary/aromatic N) is 4. The van der Waals surface area contributed by atoms with Gasteiger partial charge in [0.25, 0.3) is 5.91 Å². The van der Waals surface area contributed by atoms with Crippen molar-refractivity contribution in [3.05, 3.63) is 48.0 Å². The molecule has 0 spiro atoms. The van der Waals surface area contributed by atoms with Crippen molar-refractivity contribution in [3.8, 4) is 17.6 Å². The molecule has 188 valence electrons. The van der Waals surface area contributed by atoms with Gasteiger partial charge in [0.15, 0.2) is 0 Å². The number of ether oxygens (including phenoxy) is 1. The summed E-state index contributed by atoms with van der Waals surface area (Å²) in [5.74, 6) is 5.69. The molecule has 35 heavy (non-hydrogen) atoms. The Morgan fingerprint density at radius 3 is 2.80 bits per heavy atom. The largest absolute Gasteiger partial charge is 0.487 e. The second-order valence-electron chi connectivity index (χ2n) is 8.73. The van der Waals surface area contributed by atoms with E-state index in [-0.39, 0.29) is 47.9 Å². The Kier molecular flexibility index (Phi) is 8.83. The van der Waals surface area contributed by atoms with Gasteiger partial charge in [0.1, 0.15) is 22.4 Å². The van der Waals surface area contributed by atoms with Gasteiger partial charge in [-0.15, -0.1) is 0 Å². The number of hydrogen-bond donors (Lipinski definition) is 1. The summed E-state index contributed by atoms with van der Waals surface area (Å²) in [6, 6.07) is 4.16. The number of likely N-dealkylation sites (N-methyl/N-ethyl adjacent to an activating group) is 1. The third kappa shape index (κ3) is 6.17. The molecule has 2 aromatic rings. The van der Waals surface area contributed by atoms with E-state index in [1.807, 2.05) is 13.8 Å². The Bertz CT molecular complexity index is 1190.